The Bertz CT molecular complexity index is 239. The topological polar surface area (TPSA) is 43.8 Å². The van der Waals surface area contributed by atoms with Crippen LogP contribution in [0.15, 0.2) is 6.20 Å². The van der Waals surface area contributed by atoms with E-state index in [1.165, 1.54) is 0 Å². The monoisotopic (exact) mass is 153 g/mol. The zero-order chi connectivity index (χ0) is 8.43. The molecular weight excluding hydrogens is 138 g/mol. The summed E-state index contributed by atoms with van der Waals surface area (Å²) in [6, 6.07) is 0.451. The van der Waals surface area contributed by atoms with Gasteiger partial charge in [-0.2, -0.15) is 5.10 Å². The van der Waals surface area contributed by atoms with Crippen molar-refractivity contribution in [3.63, 3.8) is 0 Å². The van der Waals surface area contributed by atoms with Gasteiger partial charge < -0.3 is 5.73 Å². The first-order valence-electron chi connectivity index (χ1n) is 3.96. The van der Waals surface area contributed by atoms with Gasteiger partial charge in [-0.1, -0.05) is 6.92 Å². The fourth-order valence-corrected chi connectivity index (χ4v) is 1.05. The quantitative estimate of drug-likeness (QED) is 0.703. The maximum atomic E-state index is 5.65. The summed E-state index contributed by atoms with van der Waals surface area (Å²) >= 11 is 0. The van der Waals surface area contributed by atoms with Crippen LogP contribution in [0.3, 0.4) is 0 Å². The van der Waals surface area contributed by atoms with Crippen LogP contribution >= 0.6 is 0 Å². The second kappa shape index (κ2) is 2.95. The van der Waals surface area contributed by atoms with Crippen LogP contribution in [0, 0.1) is 6.92 Å². The average molecular weight is 153 g/mol. The zero-order valence-corrected chi connectivity index (χ0v) is 7.33. The summed E-state index contributed by atoms with van der Waals surface area (Å²) < 4.78 is 1.97. The van der Waals surface area contributed by atoms with Crippen molar-refractivity contribution in [2.75, 3.05) is 5.73 Å². The van der Waals surface area contributed by atoms with Gasteiger partial charge in [0.25, 0.3) is 0 Å². The molecule has 0 aromatic carbocycles. The molecule has 0 spiro atoms. The van der Waals surface area contributed by atoms with Crippen molar-refractivity contribution in [1.82, 2.24) is 9.78 Å². The summed E-state index contributed by atoms with van der Waals surface area (Å²) in [5.41, 5.74) is 7.50. The summed E-state index contributed by atoms with van der Waals surface area (Å²) in [5.74, 6) is 0. The second-order valence-electron chi connectivity index (χ2n) is 2.89. The standard InChI is InChI=1S/C8H15N3/c1-4-6(2)11-7(3)8(9)5-10-11/h5-6H,4,9H2,1-3H3/t6-/m0/s1. The first-order chi connectivity index (χ1) is 5.16. The zero-order valence-electron chi connectivity index (χ0n) is 7.33. The van der Waals surface area contributed by atoms with E-state index in [9.17, 15) is 0 Å². The van der Waals surface area contributed by atoms with Crippen LogP contribution in [-0.2, 0) is 0 Å². The van der Waals surface area contributed by atoms with Crippen LogP contribution in [0.5, 0.6) is 0 Å². The lowest BCUT2D eigenvalue weighted by Crippen LogP contribution is -2.07. The Kier molecular flexibility index (Phi) is 2.17. The van der Waals surface area contributed by atoms with Crippen molar-refractivity contribution in [1.29, 1.82) is 0 Å². The maximum absolute atomic E-state index is 5.65. The lowest BCUT2D eigenvalue weighted by Gasteiger charge is -2.10. The van der Waals surface area contributed by atoms with Gasteiger partial charge >= 0.3 is 0 Å². The van der Waals surface area contributed by atoms with Crippen molar-refractivity contribution in [3.05, 3.63) is 11.9 Å². The van der Waals surface area contributed by atoms with E-state index in [4.69, 9.17) is 5.73 Å². The Morgan fingerprint density at radius 1 is 1.73 bits per heavy atom. The van der Waals surface area contributed by atoms with Crippen molar-refractivity contribution in [2.45, 2.75) is 33.2 Å². The van der Waals surface area contributed by atoms with Crippen LogP contribution in [0.1, 0.15) is 32.0 Å². The van der Waals surface area contributed by atoms with Crippen LogP contribution < -0.4 is 5.73 Å². The molecule has 0 radical (unpaired) electrons. The fraction of sp³-hybridized carbons (Fsp3) is 0.625. The van der Waals surface area contributed by atoms with Gasteiger partial charge in [0.1, 0.15) is 0 Å². The smallest absolute Gasteiger partial charge is 0.0730 e. The number of hydrogen-bond donors (Lipinski definition) is 1. The van der Waals surface area contributed by atoms with Gasteiger partial charge in [0.05, 0.1) is 17.6 Å². The minimum Gasteiger partial charge on any atom is -0.396 e. The van der Waals surface area contributed by atoms with Crippen molar-refractivity contribution in [3.8, 4) is 0 Å². The number of nitrogens with zero attached hydrogens (tertiary/aromatic N) is 2. The van der Waals surface area contributed by atoms with Gasteiger partial charge in [0, 0.05) is 6.04 Å². The molecule has 0 bridgehead atoms. The minimum absolute atomic E-state index is 0.451. The highest BCUT2D eigenvalue weighted by Gasteiger charge is 2.07. The predicted octanol–water partition coefficient (Wildman–Crippen LogP) is 1.74. The van der Waals surface area contributed by atoms with E-state index in [1.807, 2.05) is 11.6 Å². The van der Waals surface area contributed by atoms with Crippen LogP contribution in [0.25, 0.3) is 0 Å². The van der Waals surface area contributed by atoms with Crippen LogP contribution in [0.2, 0.25) is 0 Å². The Labute approximate surface area is 67.2 Å². The molecule has 1 heterocycles. The SMILES string of the molecule is CC[C@H](C)n1ncc(N)c1C. The highest BCUT2D eigenvalue weighted by molar-refractivity contribution is 5.39. The van der Waals surface area contributed by atoms with Gasteiger partial charge in [0.2, 0.25) is 0 Å². The Hall–Kier alpha value is -0.990. The summed E-state index contributed by atoms with van der Waals surface area (Å²) in [7, 11) is 0. The van der Waals surface area contributed by atoms with E-state index in [1.54, 1.807) is 6.20 Å². The van der Waals surface area contributed by atoms with Crippen molar-refractivity contribution >= 4 is 5.69 Å². The lowest BCUT2D eigenvalue weighted by molar-refractivity contribution is 0.468. The normalized spacial score (nSPS) is 13.4. The van der Waals surface area contributed by atoms with E-state index < -0.39 is 0 Å². The molecule has 0 unspecified atom stereocenters. The van der Waals surface area contributed by atoms with Gasteiger partial charge in [-0.15, -0.1) is 0 Å². The minimum atomic E-state index is 0.451. The third-order valence-corrected chi connectivity index (χ3v) is 2.09. The van der Waals surface area contributed by atoms with Crippen molar-refractivity contribution < 1.29 is 0 Å². The lowest BCUT2D eigenvalue weighted by atomic mass is 10.2. The Morgan fingerprint density at radius 3 is 2.73 bits per heavy atom. The number of anilines is 1. The molecule has 3 nitrogen and oxygen atoms in total. The molecule has 1 atom stereocenters. The molecule has 0 aliphatic rings. The maximum Gasteiger partial charge on any atom is 0.0730 e. The molecule has 62 valence electrons. The molecule has 1 aromatic heterocycles. The number of hydrogen-bond acceptors (Lipinski definition) is 2. The predicted molar refractivity (Wildman–Crippen MR) is 46.4 cm³/mol. The molecule has 0 aliphatic carbocycles. The largest absolute Gasteiger partial charge is 0.396 e. The molecule has 0 saturated heterocycles. The average Bonchev–Trinajstić information content (AvgIpc) is 2.32. The first kappa shape index (κ1) is 8.11. The van der Waals surface area contributed by atoms with E-state index in [2.05, 4.69) is 18.9 Å². The van der Waals surface area contributed by atoms with Crippen molar-refractivity contribution in [2.24, 2.45) is 0 Å². The van der Waals surface area contributed by atoms with E-state index in [-0.39, 0.29) is 0 Å². The first-order valence-corrected chi connectivity index (χ1v) is 3.96. The van der Waals surface area contributed by atoms with E-state index in [0.717, 1.165) is 17.8 Å². The third kappa shape index (κ3) is 1.37. The molecule has 0 aliphatic heterocycles. The molecule has 1 rings (SSSR count). The molecule has 3 heteroatoms. The molecule has 0 amide bonds. The van der Waals surface area contributed by atoms with Crippen LogP contribution in [-0.4, -0.2) is 9.78 Å². The summed E-state index contributed by atoms with van der Waals surface area (Å²) in [5, 5.41) is 4.18. The van der Waals surface area contributed by atoms with Gasteiger partial charge in [0.15, 0.2) is 0 Å². The summed E-state index contributed by atoms with van der Waals surface area (Å²) in [6.45, 7) is 6.27. The fourth-order valence-electron chi connectivity index (χ4n) is 1.05. The van der Waals surface area contributed by atoms with E-state index in [0.29, 0.717) is 6.04 Å². The number of nitrogen functional groups attached to an aromatic ring is 1. The molecule has 11 heavy (non-hydrogen) atoms. The summed E-state index contributed by atoms with van der Waals surface area (Å²) in [6.07, 6.45) is 2.80. The summed E-state index contributed by atoms with van der Waals surface area (Å²) in [4.78, 5) is 0. The van der Waals surface area contributed by atoms with Crippen LogP contribution in [0.4, 0.5) is 5.69 Å². The number of rotatable bonds is 2. The highest BCUT2D eigenvalue weighted by Crippen LogP contribution is 2.16. The Balaban J connectivity index is 2.94. The van der Waals surface area contributed by atoms with Gasteiger partial charge in [-0.3, -0.25) is 4.68 Å². The molecule has 0 saturated carbocycles. The molecule has 2 N–H and O–H groups in total. The number of aromatic nitrogens is 2. The third-order valence-electron chi connectivity index (χ3n) is 2.09. The van der Waals surface area contributed by atoms with E-state index >= 15 is 0 Å². The van der Waals surface area contributed by atoms with Gasteiger partial charge in [-0.05, 0) is 20.3 Å². The second-order valence-corrected chi connectivity index (χ2v) is 2.89. The molecule has 0 fully saturated rings. The molecular formula is C8H15N3. The Morgan fingerprint density at radius 2 is 2.36 bits per heavy atom. The van der Waals surface area contributed by atoms with Gasteiger partial charge in [-0.25, -0.2) is 0 Å². The number of nitrogens with two attached hydrogens (primary N) is 1. The highest BCUT2D eigenvalue weighted by atomic mass is 15.3. The molecule has 1 aromatic rings.